The van der Waals surface area contributed by atoms with Gasteiger partial charge in [-0.2, -0.15) is 5.10 Å². The first-order chi connectivity index (χ1) is 8.97. The smallest absolute Gasteiger partial charge is 0.0953 e. The molecule has 2 aromatic heterocycles. The van der Waals surface area contributed by atoms with E-state index in [0.717, 1.165) is 29.2 Å². The Kier molecular flexibility index (Phi) is 4.37. The van der Waals surface area contributed by atoms with E-state index in [4.69, 9.17) is 0 Å². The Balaban J connectivity index is 1.91. The van der Waals surface area contributed by atoms with E-state index < -0.39 is 0 Å². The number of aromatic nitrogens is 3. The van der Waals surface area contributed by atoms with Crippen molar-refractivity contribution in [1.82, 2.24) is 14.8 Å². The number of nitrogens with zero attached hydrogens (tertiary/aromatic N) is 3. The van der Waals surface area contributed by atoms with Gasteiger partial charge >= 0.3 is 0 Å². The van der Waals surface area contributed by atoms with Crippen molar-refractivity contribution < 1.29 is 5.11 Å². The van der Waals surface area contributed by atoms with Gasteiger partial charge in [0.2, 0.25) is 0 Å². The van der Waals surface area contributed by atoms with Crippen LogP contribution in [-0.4, -0.2) is 26.0 Å². The molecule has 19 heavy (non-hydrogen) atoms. The molecule has 1 atom stereocenters. The predicted molar refractivity (Wildman–Crippen MR) is 77.6 cm³/mol. The Hall–Kier alpha value is -1.20. The zero-order valence-corrected chi connectivity index (χ0v) is 12.8. The predicted octanol–water partition coefficient (Wildman–Crippen LogP) is 2.34. The highest BCUT2D eigenvalue weighted by atomic mass is 32.1. The summed E-state index contributed by atoms with van der Waals surface area (Å²) in [7, 11) is 1.96. The molecule has 0 aliphatic rings. The van der Waals surface area contributed by atoms with E-state index in [0.29, 0.717) is 6.42 Å². The molecule has 5 heteroatoms. The zero-order valence-electron chi connectivity index (χ0n) is 12.0. The number of aryl methyl sites for hydroxylation is 3. The average molecular weight is 279 g/mol. The summed E-state index contributed by atoms with van der Waals surface area (Å²) in [6, 6.07) is 0. The van der Waals surface area contributed by atoms with Crippen LogP contribution >= 0.6 is 11.3 Å². The maximum Gasteiger partial charge on any atom is 0.0953 e. The molecular formula is C14H21N3OS. The van der Waals surface area contributed by atoms with Crippen molar-refractivity contribution in [1.29, 1.82) is 0 Å². The van der Waals surface area contributed by atoms with Crippen molar-refractivity contribution in [3.05, 3.63) is 33.0 Å². The molecule has 0 spiro atoms. The lowest BCUT2D eigenvalue weighted by atomic mass is 10.0. The van der Waals surface area contributed by atoms with Gasteiger partial charge in [-0.15, -0.1) is 11.3 Å². The maximum absolute atomic E-state index is 10.1. The second kappa shape index (κ2) is 5.84. The zero-order chi connectivity index (χ0) is 14.0. The van der Waals surface area contributed by atoms with Crippen LogP contribution in [0.25, 0.3) is 0 Å². The van der Waals surface area contributed by atoms with E-state index in [1.165, 1.54) is 11.3 Å². The van der Waals surface area contributed by atoms with Crippen LogP contribution < -0.4 is 0 Å². The molecule has 0 bridgehead atoms. The Morgan fingerprint density at radius 2 is 2.11 bits per heavy atom. The van der Waals surface area contributed by atoms with Crippen molar-refractivity contribution in [2.45, 2.75) is 46.1 Å². The molecule has 2 rings (SSSR count). The summed E-state index contributed by atoms with van der Waals surface area (Å²) in [4.78, 5) is 4.39. The molecule has 2 heterocycles. The van der Waals surface area contributed by atoms with Gasteiger partial charge in [0.25, 0.3) is 0 Å². The molecule has 104 valence electrons. The Bertz CT molecular complexity index is 559. The first kappa shape index (κ1) is 14.2. The van der Waals surface area contributed by atoms with Gasteiger partial charge in [-0.3, -0.25) is 4.68 Å². The third-order valence-corrected chi connectivity index (χ3v) is 4.45. The number of aliphatic hydroxyl groups is 1. The average Bonchev–Trinajstić information content (AvgIpc) is 2.83. The summed E-state index contributed by atoms with van der Waals surface area (Å²) < 4.78 is 1.90. The van der Waals surface area contributed by atoms with Crippen LogP contribution in [0.15, 0.2) is 5.38 Å². The molecule has 0 fully saturated rings. The third-order valence-electron chi connectivity index (χ3n) is 3.46. The molecule has 0 radical (unpaired) electrons. The van der Waals surface area contributed by atoms with Crippen LogP contribution in [0.5, 0.6) is 0 Å². The first-order valence-corrected chi connectivity index (χ1v) is 7.43. The lowest BCUT2D eigenvalue weighted by molar-refractivity contribution is 0.165. The van der Waals surface area contributed by atoms with Crippen LogP contribution in [0.1, 0.15) is 34.1 Å². The van der Waals surface area contributed by atoms with Crippen molar-refractivity contribution in [2.24, 2.45) is 7.05 Å². The van der Waals surface area contributed by atoms with E-state index in [1.807, 2.05) is 31.0 Å². The second-order valence-electron chi connectivity index (χ2n) is 5.05. The molecular weight excluding hydrogens is 258 g/mol. The number of hydrogen-bond acceptors (Lipinski definition) is 4. The lowest BCUT2D eigenvalue weighted by Crippen LogP contribution is -2.12. The molecule has 0 aliphatic carbocycles. The third kappa shape index (κ3) is 3.42. The summed E-state index contributed by atoms with van der Waals surface area (Å²) in [6.45, 7) is 6.08. The van der Waals surface area contributed by atoms with Gasteiger partial charge in [-0.1, -0.05) is 0 Å². The summed E-state index contributed by atoms with van der Waals surface area (Å²) in [6.07, 6.45) is 1.95. The molecule has 2 aromatic rings. The van der Waals surface area contributed by atoms with Crippen LogP contribution in [-0.2, 0) is 19.9 Å². The van der Waals surface area contributed by atoms with Gasteiger partial charge in [0.15, 0.2) is 0 Å². The van der Waals surface area contributed by atoms with Gasteiger partial charge in [0.05, 0.1) is 16.8 Å². The minimum absolute atomic E-state index is 0.329. The van der Waals surface area contributed by atoms with Crippen molar-refractivity contribution in [3.63, 3.8) is 0 Å². The van der Waals surface area contributed by atoms with Crippen LogP contribution in [0, 0.1) is 20.8 Å². The quantitative estimate of drug-likeness (QED) is 0.914. The van der Waals surface area contributed by atoms with Gasteiger partial charge < -0.3 is 5.11 Å². The molecule has 4 nitrogen and oxygen atoms in total. The fraction of sp³-hybridized carbons (Fsp3) is 0.571. The molecule has 0 aliphatic heterocycles. The highest BCUT2D eigenvalue weighted by Crippen LogP contribution is 2.17. The van der Waals surface area contributed by atoms with E-state index in [-0.39, 0.29) is 6.10 Å². The van der Waals surface area contributed by atoms with Crippen LogP contribution in [0.2, 0.25) is 0 Å². The second-order valence-corrected chi connectivity index (χ2v) is 5.99. The molecule has 0 aromatic carbocycles. The lowest BCUT2D eigenvalue weighted by Gasteiger charge is -2.09. The highest BCUT2D eigenvalue weighted by molar-refractivity contribution is 7.09. The standard InChI is InChI=1S/C14H21N3OS/c1-9-8-19-14(15-9)7-12(18)5-6-13-10(2)16-17(4)11(13)3/h8,12,18H,5-7H2,1-4H3. The van der Waals surface area contributed by atoms with Crippen molar-refractivity contribution in [2.75, 3.05) is 0 Å². The number of aliphatic hydroxyl groups excluding tert-OH is 1. The fourth-order valence-electron chi connectivity index (χ4n) is 2.29. The largest absolute Gasteiger partial charge is 0.393 e. The Labute approximate surface area is 118 Å². The maximum atomic E-state index is 10.1. The SMILES string of the molecule is Cc1csc(CC(O)CCc2c(C)nn(C)c2C)n1. The fourth-order valence-corrected chi connectivity index (χ4v) is 3.13. The Morgan fingerprint density at radius 1 is 1.37 bits per heavy atom. The summed E-state index contributed by atoms with van der Waals surface area (Å²) >= 11 is 1.62. The van der Waals surface area contributed by atoms with Gasteiger partial charge in [0.1, 0.15) is 0 Å². The van der Waals surface area contributed by atoms with E-state index in [2.05, 4.69) is 17.0 Å². The van der Waals surface area contributed by atoms with E-state index in [1.54, 1.807) is 11.3 Å². The normalized spacial score (nSPS) is 12.9. The molecule has 1 unspecified atom stereocenters. The van der Waals surface area contributed by atoms with Crippen molar-refractivity contribution >= 4 is 11.3 Å². The van der Waals surface area contributed by atoms with Crippen LogP contribution in [0.3, 0.4) is 0 Å². The highest BCUT2D eigenvalue weighted by Gasteiger charge is 2.13. The first-order valence-electron chi connectivity index (χ1n) is 6.55. The Morgan fingerprint density at radius 3 is 2.63 bits per heavy atom. The van der Waals surface area contributed by atoms with Crippen molar-refractivity contribution in [3.8, 4) is 0 Å². The van der Waals surface area contributed by atoms with E-state index in [9.17, 15) is 5.11 Å². The van der Waals surface area contributed by atoms with Gasteiger partial charge in [-0.05, 0) is 39.2 Å². The molecule has 0 amide bonds. The van der Waals surface area contributed by atoms with Gasteiger partial charge in [0, 0.05) is 30.2 Å². The molecule has 0 saturated heterocycles. The monoisotopic (exact) mass is 279 g/mol. The number of hydrogen-bond donors (Lipinski definition) is 1. The molecule has 0 saturated carbocycles. The summed E-state index contributed by atoms with van der Waals surface area (Å²) in [5, 5.41) is 17.5. The number of thiazole rings is 1. The minimum atomic E-state index is -0.329. The minimum Gasteiger partial charge on any atom is -0.393 e. The van der Waals surface area contributed by atoms with Gasteiger partial charge in [-0.25, -0.2) is 4.98 Å². The van der Waals surface area contributed by atoms with Crippen LogP contribution in [0.4, 0.5) is 0 Å². The summed E-state index contributed by atoms with van der Waals surface area (Å²) in [5.41, 5.74) is 4.55. The summed E-state index contributed by atoms with van der Waals surface area (Å²) in [5.74, 6) is 0. The molecule has 1 N–H and O–H groups in total. The van der Waals surface area contributed by atoms with E-state index >= 15 is 0 Å². The topological polar surface area (TPSA) is 50.9 Å². The number of rotatable bonds is 5.